The summed E-state index contributed by atoms with van der Waals surface area (Å²) in [5, 5.41) is 0.342. The number of carbonyl (C=O) groups excluding carboxylic acids is 1. The molecule has 3 aromatic rings. The third-order valence-corrected chi connectivity index (χ3v) is 4.02. The molecule has 0 radical (unpaired) electrons. The molecule has 0 atom stereocenters. The second-order valence-electron chi connectivity index (χ2n) is 5.95. The Hall–Kier alpha value is -3.16. The SMILES string of the molecule is CCc1nc2ccccc2c(=O)n1NC(=O)Cc1cccc(C(F)(F)F)c1. The zero-order chi connectivity index (χ0) is 19.6. The zero-order valence-corrected chi connectivity index (χ0v) is 14.4. The number of hydrogen-bond donors (Lipinski definition) is 1. The largest absolute Gasteiger partial charge is 0.416 e. The molecule has 140 valence electrons. The van der Waals surface area contributed by atoms with Crippen molar-refractivity contribution >= 4 is 16.8 Å². The molecule has 0 bridgehead atoms. The fraction of sp³-hybridized carbons (Fsp3) is 0.211. The normalized spacial score (nSPS) is 11.6. The van der Waals surface area contributed by atoms with E-state index in [-0.39, 0.29) is 12.0 Å². The molecule has 27 heavy (non-hydrogen) atoms. The van der Waals surface area contributed by atoms with Gasteiger partial charge in [0.2, 0.25) is 5.91 Å². The molecule has 0 unspecified atom stereocenters. The fourth-order valence-corrected chi connectivity index (χ4v) is 2.74. The number of hydrogen-bond acceptors (Lipinski definition) is 3. The first-order valence-electron chi connectivity index (χ1n) is 8.26. The van der Waals surface area contributed by atoms with Crippen LogP contribution in [0.15, 0.2) is 53.3 Å². The number of halogens is 3. The third kappa shape index (κ3) is 3.99. The molecule has 2 aromatic carbocycles. The standard InChI is InChI=1S/C19H16F3N3O2/c1-2-16-23-15-9-4-3-8-14(15)18(27)25(16)24-17(26)11-12-6-5-7-13(10-12)19(20,21)22/h3-10H,2,11H2,1H3,(H,24,26). The number of carbonyl (C=O) groups is 1. The maximum Gasteiger partial charge on any atom is 0.416 e. The van der Waals surface area contributed by atoms with Gasteiger partial charge in [0, 0.05) is 6.42 Å². The molecule has 0 saturated carbocycles. The van der Waals surface area contributed by atoms with Crippen LogP contribution in [0.25, 0.3) is 10.9 Å². The van der Waals surface area contributed by atoms with E-state index in [4.69, 9.17) is 0 Å². The third-order valence-electron chi connectivity index (χ3n) is 4.02. The van der Waals surface area contributed by atoms with Gasteiger partial charge in [-0.15, -0.1) is 0 Å². The highest BCUT2D eigenvalue weighted by Gasteiger charge is 2.30. The number of alkyl halides is 3. The first-order chi connectivity index (χ1) is 12.8. The Kier molecular flexibility index (Phi) is 4.98. The van der Waals surface area contributed by atoms with Gasteiger partial charge < -0.3 is 0 Å². The summed E-state index contributed by atoms with van der Waals surface area (Å²) in [6.45, 7) is 1.78. The summed E-state index contributed by atoms with van der Waals surface area (Å²) in [7, 11) is 0. The van der Waals surface area contributed by atoms with E-state index in [1.807, 2.05) is 0 Å². The Morgan fingerprint density at radius 3 is 2.59 bits per heavy atom. The smallest absolute Gasteiger partial charge is 0.273 e. The molecule has 1 aromatic heterocycles. The first kappa shape index (κ1) is 18.6. The topological polar surface area (TPSA) is 64.0 Å². The number of aryl methyl sites for hydroxylation is 1. The molecular weight excluding hydrogens is 359 g/mol. The van der Waals surface area contributed by atoms with E-state index in [0.29, 0.717) is 23.1 Å². The fourth-order valence-electron chi connectivity index (χ4n) is 2.74. The molecule has 1 amide bonds. The summed E-state index contributed by atoms with van der Waals surface area (Å²) in [6, 6.07) is 11.3. The molecule has 0 fully saturated rings. The molecular formula is C19H16F3N3O2. The van der Waals surface area contributed by atoms with Gasteiger partial charge in [0.1, 0.15) is 5.82 Å². The number of nitrogens with zero attached hydrogens (tertiary/aromatic N) is 2. The second-order valence-corrected chi connectivity index (χ2v) is 5.95. The summed E-state index contributed by atoms with van der Waals surface area (Å²) in [5.41, 5.74) is 1.90. The number of benzene rings is 2. The second kappa shape index (κ2) is 7.22. The predicted molar refractivity (Wildman–Crippen MR) is 94.9 cm³/mol. The zero-order valence-electron chi connectivity index (χ0n) is 14.4. The highest BCUT2D eigenvalue weighted by molar-refractivity contribution is 5.86. The lowest BCUT2D eigenvalue weighted by atomic mass is 10.1. The number of amides is 1. The van der Waals surface area contributed by atoms with Crippen molar-refractivity contribution in [3.63, 3.8) is 0 Å². The number of nitrogens with one attached hydrogen (secondary N) is 1. The molecule has 1 heterocycles. The Balaban J connectivity index is 1.88. The number of para-hydroxylation sites is 1. The van der Waals surface area contributed by atoms with Gasteiger partial charge in [-0.25, -0.2) is 9.66 Å². The molecule has 0 aliphatic carbocycles. The van der Waals surface area contributed by atoms with Crippen molar-refractivity contribution in [3.05, 3.63) is 75.8 Å². The Morgan fingerprint density at radius 2 is 1.89 bits per heavy atom. The Bertz CT molecular complexity index is 1060. The van der Waals surface area contributed by atoms with Crippen LogP contribution in [0.4, 0.5) is 13.2 Å². The molecule has 0 aliphatic heterocycles. The Labute approximate surface area is 152 Å². The van der Waals surface area contributed by atoms with Gasteiger partial charge >= 0.3 is 6.18 Å². The molecule has 0 saturated heterocycles. The molecule has 8 heteroatoms. The van der Waals surface area contributed by atoms with Crippen molar-refractivity contribution in [1.29, 1.82) is 0 Å². The van der Waals surface area contributed by atoms with Crippen LogP contribution in [0.3, 0.4) is 0 Å². The van der Waals surface area contributed by atoms with Crippen molar-refractivity contribution in [2.45, 2.75) is 25.9 Å². The van der Waals surface area contributed by atoms with Gasteiger partial charge in [0.05, 0.1) is 22.9 Å². The van der Waals surface area contributed by atoms with Crippen LogP contribution in [0.1, 0.15) is 23.9 Å². The maximum atomic E-state index is 12.8. The van der Waals surface area contributed by atoms with Crippen LogP contribution >= 0.6 is 0 Å². The summed E-state index contributed by atoms with van der Waals surface area (Å²) >= 11 is 0. The van der Waals surface area contributed by atoms with Crippen molar-refractivity contribution in [1.82, 2.24) is 9.66 Å². The van der Waals surface area contributed by atoms with Gasteiger partial charge in [0.15, 0.2) is 0 Å². The van der Waals surface area contributed by atoms with Crippen molar-refractivity contribution in [3.8, 4) is 0 Å². The van der Waals surface area contributed by atoms with Gasteiger partial charge in [-0.3, -0.25) is 15.0 Å². The first-order valence-corrected chi connectivity index (χ1v) is 8.26. The molecule has 1 N–H and O–H groups in total. The molecule has 0 spiro atoms. The lowest BCUT2D eigenvalue weighted by molar-refractivity contribution is -0.137. The summed E-state index contributed by atoms with van der Waals surface area (Å²) < 4.78 is 39.4. The quantitative estimate of drug-likeness (QED) is 0.761. The van der Waals surface area contributed by atoms with E-state index < -0.39 is 23.2 Å². The van der Waals surface area contributed by atoms with Gasteiger partial charge in [-0.1, -0.05) is 37.3 Å². The van der Waals surface area contributed by atoms with Gasteiger partial charge in [0.25, 0.3) is 5.56 Å². The minimum absolute atomic E-state index is 0.196. The number of rotatable bonds is 4. The number of aromatic nitrogens is 2. The van der Waals surface area contributed by atoms with Gasteiger partial charge in [-0.05, 0) is 23.8 Å². The van der Waals surface area contributed by atoms with E-state index in [0.717, 1.165) is 16.8 Å². The van der Waals surface area contributed by atoms with Crippen LogP contribution in [-0.4, -0.2) is 15.6 Å². The van der Waals surface area contributed by atoms with Crippen LogP contribution in [-0.2, 0) is 23.8 Å². The minimum atomic E-state index is -4.49. The summed E-state index contributed by atoms with van der Waals surface area (Å²) in [6.07, 6.45) is -4.39. The van der Waals surface area contributed by atoms with Gasteiger partial charge in [-0.2, -0.15) is 13.2 Å². The lowest BCUT2D eigenvalue weighted by Gasteiger charge is -2.14. The van der Waals surface area contributed by atoms with Crippen LogP contribution in [0.5, 0.6) is 0 Å². The predicted octanol–water partition coefficient (Wildman–Crippen LogP) is 3.29. The average Bonchev–Trinajstić information content (AvgIpc) is 2.63. The minimum Gasteiger partial charge on any atom is -0.273 e. The van der Waals surface area contributed by atoms with Crippen molar-refractivity contribution in [2.75, 3.05) is 5.43 Å². The van der Waals surface area contributed by atoms with Crippen LogP contribution in [0.2, 0.25) is 0 Å². The van der Waals surface area contributed by atoms with E-state index in [1.54, 1.807) is 31.2 Å². The van der Waals surface area contributed by atoms with Crippen LogP contribution < -0.4 is 11.0 Å². The lowest BCUT2D eigenvalue weighted by Crippen LogP contribution is -2.37. The highest BCUT2D eigenvalue weighted by Crippen LogP contribution is 2.29. The summed E-state index contributed by atoms with van der Waals surface area (Å²) in [5.74, 6) is -0.251. The van der Waals surface area contributed by atoms with Crippen molar-refractivity contribution in [2.24, 2.45) is 0 Å². The van der Waals surface area contributed by atoms with Crippen LogP contribution in [0, 0.1) is 0 Å². The maximum absolute atomic E-state index is 12.8. The summed E-state index contributed by atoms with van der Waals surface area (Å²) in [4.78, 5) is 29.3. The number of fused-ring (bicyclic) bond motifs is 1. The van der Waals surface area contributed by atoms with Crippen molar-refractivity contribution < 1.29 is 18.0 Å². The molecule has 5 nitrogen and oxygen atoms in total. The highest BCUT2D eigenvalue weighted by atomic mass is 19.4. The Morgan fingerprint density at radius 1 is 1.15 bits per heavy atom. The van der Waals surface area contributed by atoms with E-state index in [2.05, 4.69) is 10.4 Å². The average molecular weight is 375 g/mol. The van der Waals surface area contributed by atoms with E-state index in [1.165, 1.54) is 12.1 Å². The van der Waals surface area contributed by atoms with E-state index >= 15 is 0 Å². The monoisotopic (exact) mass is 375 g/mol. The molecule has 3 rings (SSSR count). The molecule has 0 aliphatic rings. The van der Waals surface area contributed by atoms with E-state index in [9.17, 15) is 22.8 Å².